The monoisotopic (exact) mass is 426 g/mol. The first-order valence-corrected chi connectivity index (χ1v) is 12.4. The van der Waals surface area contributed by atoms with E-state index in [1.54, 1.807) is 0 Å². The third-order valence-corrected chi connectivity index (χ3v) is 10.4. The highest BCUT2D eigenvalue weighted by molar-refractivity contribution is 5.91. The Morgan fingerprint density at radius 3 is 2.71 bits per heavy atom. The molecule has 0 unspecified atom stereocenters. The molecule has 0 spiro atoms. The molecular weight excluding hydrogens is 392 g/mol. The van der Waals surface area contributed by atoms with Crippen LogP contribution in [0.5, 0.6) is 0 Å². The van der Waals surface area contributed by atoms with Gasteiger partial charge in [0.2, 0.25) is 0 Å². The lowest BCUT2D eigenvalue weighted by Gasteiger charge is -2.61. The van der Waals surface area contributed by atoms with E-state index in [0.29, 0.717) is 60.2 Å². The number of hydrogen-bond donors (Lipinski definition) is 2. The van der Waals surface area contributed by atoms with E-state index in [4.69, 9.17) is 9.84 Å². The number of carbonyl (C=O) groups excluding carboxylic acids is 1. The third kappa shape index (κ3) is 2.77. The van der Waals surface area contributed by atoms with Crippen molar-refractivity contribution in [3.63, 3.8) is 0 Å². The Kier molecular flexibility index (Phi) is 4.32. The fourth-order valence-corrected chi connectivity index (χ4v) is 9.26. The highest BCUT2D eigenvalue weighted by Gasteiger charge is 2.73. The first-order valence-electron chi connectivity index (χ1n) is 12.4. The molecule has 0 radical (unpaired) electrons. The van der Waals surface area contributed by atoms with Gasteiger partial charge in [-0.25, -0.2) is 4.79 Å². The SMILES string of the molecule is CC[C@]12CC[C@H]3[C@H]([C@@H]1[C@@H]1C[C@@H]1[C@H]2/C=C\OC(=O)O)[C@](O)(C1CC1)CC1=CC(=O)CC[C@@H]13. The highest BCUT2D eigenvalue weighted by Crippen LogP contribution is 2.77. The first-order chi connectivity index (χ1) is 14.9. The smallest absolute Gasteiger partial charge is 0.449 e. The molecule has 6 aliphatic rings. The molecule has 0 amide bonds. The van der Waals surface area contributed by atoms with Crippen LogP contribution in [-0.2, 0) is 9.53 Å². The van der Waals surface area contributed by atoms with Crippen molar-refractivity contribution in [2.45, 2.75) is 70.3 Å². The van der Waals surface area contributed by atoms with Crippen LogP contribution in [0.2, 0.25) is 0 Å². The Balaban J connectivity index is 1.40. The van der Waals surface area contributed by atoms with Crippen LogP contribution in [0.1, 0.15) is 64.7 Å². The molecule has 0 aromatic rings. The van der Waals surface area contributed by atoms with Crippen LogP contribution in [0.15, 0.2) is 24.0 Å². The normalized spacial score (nSPS) is 50.2. The topological polar surface area (TPSA) is 83.8 Å². The number of aliphatic hydroxyl groups is 1. The molecule has 6 aliphatic carbocycles. The zero-order chi connectivity index (χ0) is 21.5. The summed E-state index contributed by atoms with van der Waals surface area (Å²) in [5, 5.41) is 21.2. The maximum Gasteiger partial charge on any atom is 0.510 e. The van der Waals surface area contributed by atoms with Crippen LogP contribution < -0.4 is 0 Å². The van der Waals surface area contributed by atoms with Crippen LogP contribution >= 0.6 is 0 Å². The van der Waals surface area contributed by atoms with Crippen LogP contribution in [0, 0.1) is 52.8 Å². The zero-order valence-corrected chi connectivity index (χ0v) is 18.3. The summed E-state index contributed by atoms with van der Waals surface area (Å²) in [7, 11) is 0. The molecule has 2 N–H and O–H groups in total. The summed E-state index contributed by atoms with van der Waals surface area (Å²) in [5.74, 6) is 4.01. The summed E-state index contributed by atoms with van der Waals surface area (Å²) < 4.78 is 4.76. The van der Waals surface area contributed by atoms with E-state index >= 15 is 0 Å². The van der Waals surface area contributed by atoms with Crippen LogP contribution in [-0.4, -0.2) is 27.8 Å². The van der Waals surface area contributed by atoms with Crippen molar-refractivity contribution in [2.24, 2.45) is 52.8 Å². The molecule has 5 heteroatoms. The molecule has 31 heavy (non-hydrogen) atoms. The Bertz CT molecular complexity index is 871. The minimum absolute atomic E-state index is 0.141. The van der Waals surface area contributed by atoms with Gasteiger partial charge in [0.15, 0.2) is 5.78 Å². The van der Waals surface area contributed by atoms with Crippen molar-refractivity contribution in [3.8, 4) is 0 Å². The Morgan fingerprint density at radius 1 is 1.19 bits per heavy atom. The van der Waals surface area contributed by atoms with Gasteiger partial charge >= 0.3 is 6.16 Å². The largest absolute Gasteiger partial charge is 0.510 e. The number of allylic oxidation sites excluding steroid dienone is 1. The third-order valence-electron chi connectivity index (χ3n) is 10.4. The van der Waals surface area contributed by atoms with Crippen LogP contribution in [0.4, 0.5) is 4.79 Å². The second-order valence-corrected chi connectivity index (χ2v) is 11.4. The van der Waals surface area contributed by atoms with Gasteiger partial charge in [-0.15, -0.1) is 0 Å². The summed E-state index contributed by atoms with van der Waals surface area (Å²) >= 11 is 0. The standard InChI is InChI=1S/C26H34O5/c1-2-25-9-7-18-17-6-5-16(27)11-14(17)13-26(30,15-3-4-15)23(18)22(25)20-12-19(20)21(25)8-10-31-24(28)29/h8,10-11,15,17-23,30H,2-7,9,12-13H2,1H3,(H,28,29)/b10-8-/t17-,18+,19-,20+,21+,22-,23+,25+,26+/m0/s1. The fraction of sp³-hybridized carbons (Fsp3) is 0.769. The average molecular weight is 427 g/mol. The number of rotatable bonds is 4. The van der Waals surface area contributed by atoms with E-state index in [1.165, 1.54) is 18.3 Å². The molecule has 0 bridgehead atoms. The molecule has 5 nitrogen and oxygen atoms in total. The van der Waals surface area contributed by atoms with Crippen molar-refractivity contribution < 1.29 is 24.5 Å². The number of carbonyl (C=O) groups is 2. The molecule has 0 aromatic heterocycles. The second-order valence-electron chi connectivity index (χ2n) is 11.4. The molecule has 5 fully saturated rings. The quantitative estimate of drug-likeness (QED) is 0.491. The van der Waals surface area contributed by atoms with E-state index < -0.39 is 11.8 Å². The number of carboxylic acid groups (broad SMARTS) is 1. The number of ketones is 1. The molecule has 6 rings (SSSR count). The van der Waals surface area contributed by atoms with Crippen LogP contribution in [0.25, 0.3) is 0 Å². The second kappa shape index (κ2) is 6.69. The minimum Gasteiger partial charge on any atom is -0.449 e. The zero-order valence-electron chi connectivity index (χ0n) is 18.3. The van der Waals surface area contributed by atoms with E-state index in [9.17, 15) is 14.7 Å². The molecular formula is C26H34O5. The van der Waals surface area contributed by atoms with Crippen molar-refractivity contribution in [2.75, 3.05) is 0 Å². The van der Waals surface area contributed by atoms with Gasteiger partial charge in [-0.1, -0.05) is 12.5 Å². The summed E-state index contributed by atoms with van der Waals surface area (Å²) in [4.78, 5) is 23.1. The van der Waals surface area contributed by atoms with Gasteiger partial charge in [0.25, 0.3) is 0 Å². The highest BCUT2D eigenvalue weighted by atomic mass is 16.7. The average Bonchev–Trinajstić information content (AvgIpc) is 3.65. The predicted molar refractivity (Wildman–Crippen MR) is 114 cm³/mol. The first kappa shape index (κ1) is 20.0. The van der Waals surface area contributed by atoms with Crippen molar-refractivity contribution in [1.82, 2.24) is 0 Å². The Hall–Kier alpha value is -1.62. The van der Waals surface area contributed by atoms with Gasteiger partial charge in [-0.05, 0) is 116 Å². The predicted octanol–water partition coefficient (Wildman–Crippen LogP) is 4.95. The van der Waals surface area contributed by atoms with Gasteiger partial charge in [-0.2, -0.15) is 0 Å². The van der Waals surface area contributed by atoms with E-state index in [1.807, 2.05) is 12.2 Å². The molecule has 168 valence electrons. The summed E-state index contributed by atoms with van der Waals surface area (Å²) in [6.07, 6.45) is 13.1. The van der Waals surface area contributed by atoms with E-state index in [2.05, 4.69) is 6.92 Å². The van der Waals surface area contributed by atoms with Crippen LogP contribution in [0.3, 0.4) is 0 Å². The van der Waals surface area contributed by atoms with Gasteiger partial charge in [0.05, 0.1) is 11.9 Å². The lowest BCUT2D eigenvalue weighted by molar-refractivity contribution is -0.167. The molecule has 0 aromatic carbocycles. The van der Waals surface area contributed by atoms with Gasteiger partial charge in [-0.3, -0.25) is 4.79 Å². The maximum atomic E-state index is 12.3. The van der Waals surface area contributed by atoms with Crippen molar-refractivity contribution in [3.05, 3.63) is 24.0 Å². The number of hydrogen-bond acceptors (Lipinski definition) is 4. The van der Waals surface area contributed by atoms with E-state index in [0.717, 1.165) is 38.5 Å². The molecule has 0 saturated heterocycles. The fourth-order valence-electron chi connectivity index (χ4n) is 9.26. The summed E-state index contributed by atoms with van der Waals surface area (Å²) in [6, 6.07) is 0. The Labute approximate surface area is 183 Å². The lowest BCUT2D eigenvalue weighted by Crippen LogP contribution is -2.60. The van der Waals surface area contributed by atoms with Crippen molar-refractivity contribution in [1.29, 1.82) is 0 Å². The summed E-state index contributed by atoms with van der Waals surface area (Å²) in [6.45, 7) is 2.29. The Morgan fingerprint density at radius 2 is 2.00 bits per heavy atom. The summed E-state index contributed by atoms with van der Waals surface area (Å²) in [5.41, 5.74) is 0.716. The number of ether oxygens (including phenoxy) is 1. The van der Waals surface area contributed by atoms with E-state index in [-0.39, 0.29) is 11.2 Å². The van der Waals surface area contributed by atoms with Crippen molar-refractivity contribution >= 4 is 11.9 Å². The van der Waals surface area contributed by atoms with Gasteiger partial charge in [0, 0.05) is 6.42 Å². The lowest BCUT2D eigenvalue weighted by atomic mass is 9.45. The molecule has 0 heterocycles. The molecule has 5 saturated carbocycles. The molecule has 0 aliphatic heterocycles. The number of fused-ring (bicyclic) bond motifs is 7. The maximum absolute atomic E-state index is 12.3. The van der Waals surface area contributed by atoms with Gasteiger partial charge < -0.3 is 14.9 Å². The minimum atomic E-state index is -1.26. The molecule has 9 atom stereocenters. The van der Waals surface area contributed by atoms with Gasteiger partial charge in [0.1, 0.15) is 0 Å².